The molecule has 0 atom stereocenters. The topological polar surface area (TPSA) is 123 Å². The minimum Gasteiger partial charge on any atom is -0.493 e. The van der Waals surface area contributed by atoms with Gasteiger partial charge >= 0.3 is 6.03 Å². The predicted molar refractivity (Wildman–Crippen MR) is 150 cm³/mol. The third-order valence-corrected chi connectivity index (χ3v) is 5.89. The average molecular weight is 564 g/mol. The zero-order valence-electron chi connectivity index (χ0n) is 21.7. The molecule has 11 heteroatoms. The van der Waals surface area contributed by atoms with Crippen LogP contribution in [0.5, 0.6) is 17.2 Å². The van der Waals surface area contributed by atoms with Gasteiger partial charge in [0.25, 0.3) is 17.7 Å². The molecule has 1 saturated heterocycles. The lowest BCUT2D eigenvalue weighted by Gasteiger charge is -2.27. The maximum atomic E-state index is 13.3. The van der Waals surface area contributed by atoms with Gasteiger partial charge in [-0.2, -0.15) is 0 Å². The van der Waals surface area contributed by atoms with Crippen molar-refractivity contribution in [2.45, 2.75) is 13.3 Å². The Bertz CT molecular complexity index is 1470. The minimum absolute atomic E-state index is 0.199. The summed E-state index contributed by atoms with van der Waals surface area (Å²) in [6, 6.07) is 16.8. The smallest absolute Gasteiger partial charge is 0.335 e. The van der Waals surface area contributed by atoms with Crippen molar-refractivity contribution in [2.24, 2.45) is 0 Å². The molecular weight excluding hydrogens is 538 g/mol. The van der Waals surface area contributed by atoms with Crippen molar-refractivity contribution < 1.29 is 33.4 Å². The standard InChI is InChI=1S/C29H26ClN3O7/c1-3-13-39-24-12-11-21(16-25(24)38-2)33-28(36)23(27(35)32-29(33)37)15-18-5-4-6-22(14-18)40-17-26(34)31-20-9-7-19(30)8-10-20/h4-12,14-16H,3,13,17H2,1-2H3,(H,31,34)(H,32,35,37)/b23-15-. The second-order valence-corrected chi connectivity index (χ2v) is 8.99. The summed E-state index contributed by atoms with van der Waals surface area (Å²) in [4.78, 5) is 51.6. The quantitative estimate of drug-likeness (QED) is 0.268. The largest absolute Gasteiger partial charge is 0.493 e. The molecule has 0 aliphatic carbocycles. The van der Waals surface area contributed by atoms with Crippen molar-refractivity contribution in [3.8, 4) is 17.2 Å². The molecule has 3 aromatic carbocycles. The molecular formula is C29H26ClN3O7. The van der Waals surface area contributed by atoms with Crippen molar-refractivity contribution in [1.82, 2.24) is 5.32 Å². The summed E-state index contributed by atoms with van der Waals surface area (Å²) in [5.74, 6) is -0.905. The summed E-state index contributed by atoms with van der Waals surface area (Å²) in [5, 5.41) is 5.43. The molecule has 0 spiro atoms. The highest BCUT2D eigenvalue weighted by molar-refractivity contribution is 6.39. The van der Waals surface area contributed by atoms with Crippen LogP contribution >= 0.6 is 11.6 Å². The van der Waals surface area contributed by atoms with Gasteiger partial charge in [0, 0.05) is 16.8 Å². The molecule has 1 aliphatic heterocycles. The summed E-state index contributed by atoms with van der Waals surface area (Å²) in [6.07, 6.45) is 2.13. The van der Waals surface area contributed by atoms with Gasteiger partial charge in [-0.25, -0.2) is 9.69 Å². The molecule has 206 valence electrons. The van der Waals surface area contributed by atoms with Crippen LogP contribution in [0.25, 0.3) is 6.08 Å². The van der Waals surface area contributed by atoms with Gasteiger partial charge in [-0.05, 0) is 66.6 Å². The van der Waals surface area contributed by atoms with E-state index >= 15 is 0 Å². The Morgan fingerprint density at radius 3 is 2.50 bits per heavy atom. The van der Waals surface area contributed by atoms with E-state index in [4.69, 9.17) is 25.8 Å². The zero-order chi connectivity index (χ0) is 28.6. The second-order valence-electron chi connectivity index (χ2n) is 8.56. The van der Waals surface area contributed by atoms with Gasteiger partial charge in [0.1, 0.15) is 11.3 Å². The number of ether oxygens (including phenoxy) is 3. The third-order valence-electron chi connectivity index (χ3n) is 5.64. The number of halogens is 1. The number of hydrogen-bond acceptors (Lipinski definition) is 7. The number of imide groups is 2. The number of hydrogen-bond donors (Lipinski definition) is 2. The Morgan fingerprint density at radius 1 is 1.00 bits per heavy atom. The van der Waals surface area contributed by atoms with E-state index in [-0.39, 0.29) is 23.8 Å². The zero-order valence-corrected chi connectivity index (χ0v) is 22.5. The fourth-order valence-corrected chi connectivity index (χ4v) is 3.88. The number of carbonyl (C=O) groups excluding carboxylic acids is 4. The fourth-order valence-electron chi connectivity index (χ4n) is 3.76. The lowest BCUT2D eigenvalue weighted by molar-refractivity contribution is -0.122. The van der Waals surface area contributed by atoms with E-state index in [0.717, 1.165) is 11.3 Å². The fraction of sp³-hybridized carbons (Fsp3) is 0.172. The number of barbiturate groups is 1. The van der Waals surface area contributed by atoms with Crippen molar-refractivity contribution in [3.05, 3.63) is 82.9 Å². The first-order valence-electron chi connectivity index (χ1n) is 12.3. The highest BCUT2D eigenvalue weighted by Gasteiger charge is 2.37. The first-order chi connectivity index (χ1) is 19.3. The van der Waals surface area contributed by atoms with Crippen LogP contribution < -0.4 is 29.7 Å². The van der Waals surface area contributed by atoms with Gasteiger partial charge in [-0.1, -0.05) is 30.7 Å². The molecule has 10 nitrogen and oxygen atoms in total. The molecule has 3 aromatic rings. The lowest BCUT2D eigenvalue weighted by Crippen LogP contribution is -2.54. The molecule has 0 saturated carbocycles. The van der Waals surface area contributed by atoms with Crippen molar-refractivity contribution in [3.63, 3.8) is 0 Å². The van der Waals surface area contributed by atoms with E-state index in [1.54, 1.807) is 54.6 Å². The summed E-state index contributed by atoms with van der Waals surface area (Å²) in [5.41, 5.74) is 0.954. The number of rotatable bonds is 10. The summed E-state index contributed by atoms with van der Waals surface area (Å²) >= 11 is 5.85. The maximum absolute atomic E-state index is 13.3. The molecule has 1 aliphatic rings. The Hall–Kier alpha value is -4.83. The van der Waals surface area contributed by atoms with Crippen LogP contribution in [0.4, 0.5) is 16.2 Å². The van der Waals surface area contributed by atoms with Crippen LogP contribution in [0.2, 0.25) is 5.02 Å². The Kier molecular flexibility index (Phi) is 9.03. The van der Waals surface area contributed by atoms with Crippen LogP contribution in [-0.2, 0) is 14.4 Å². The summed E-state index contributed by atoms with van der Waals surface area (Å²) in [7, 11) is 1.45. The average Bonchev–Trinajstić information content (AvgIpc) is 2.94. The molecule has 0 aromatic heterocycles. The van der Waals surface area contributed by atoms with Crippen LogP contribution in [0, 0.1) is 0 Å². The van der Waals surface area contributed by atoms with Crippen LogP contribution in [0.1, 0.15) is 18.9 Å². The Morgan fingerprint density at radius 2 is 1.77 bits per heavy atom. The number of nitrogens with one attached hydrogen (secondary N) is 2. The lowest BCUT2D eigenvalue weighted by atomic mass is 10.1. The van der Waals surface area contributed by atoms with Crippen LogP contribution in [-0.4, -0.2) is 44.1 Å². The van der Waals surface area contributed by atoms with Gasteiger partial charge in [0.05, 0.1) is 19.4 Å². The van der Waals surface area contributed by atoms with E-state index < -0.39 is 17.8 Å². The van der Waals surface area contributed by atoms with Crippen molar-refractivity contribution in [1.29, 1.82) is 0 Å². The van der Waals surface area contributed by atoms with E-state index in [1.807, 2.05) is 6.92 Å². The molecule has 40 heavy (non-hydrogen) atoms. The highest BCUT2D eigenvalue weighted by atomic mass is 35.5. The second kappa shape index (κ2) is 12.8. The first kappa shape index (κ1) is 28.2. The minimum atomic E-state index is -0.889. The molecule has 0 unspecified atom stereocenters. The van der Waals surface area contributed by atoms with E-state index in [1.165, 1.54) is 25.3 Å². The molecule has 1 heterocycles. The summed E-state index contributed by atoms with van der Waals surface area (Å²) in [6.45, 7) is 2.16. The van der Waals surface area contributed by atoms with E-state index in [2.05, 4.69) is 10.6 Å². The Labute approximate surface area is 235 Å². The molecule has 0 bridgehead atoms. The number of carbonyl (C=O) groups is 4. The number of nitrogens with zero attached hydrogens (tertiary/aromatic N) is 1. The number of benzene rings is 3. The molecule has 2 N–H and O–H groups in total. The van der Waals surface area contributed by atoms with Crippen LogP contribution in [0.15, 0.2) is 72.3 Å². The number of urea groups is 1. The predicted octanol–water partition coefficient (Wildman–Crippen LogP) is 4.82. The van der Waals surface area contributed by atoms with Crippen LogP contribution in [0.3, 0.4) is 0 Å². The SMILES string of the molecule is CCCOc1ccc(N2C(=O)NC(=O)/C(=C/c3cccc(OCC(=O)Nc4ccc(Cl)cc4)c3)C2=O)cc1OC. The summed E-state index contributed by atoms with van der Waals surface area (Å²) < 4.78 is 16.6. The van der Waals surface area contributed by atoms with Crippen molar-refractivity contribution >= 4 is 52.8 Å². The van der Waals surface area contributed by atoms with Crippen molar-refractivity contribution in [2.75, 3.05) is 30.5 Å². The van der Waals surface area contributed by atoms with E-state index in [0.29, 0.717) is 40.1 Å². The molecule has 1 fully saturated rings. The highest BCUT2D eigenvalue weighted by Crippen LogP contribution is 2.33. The maximum Gasteiger partial charge on any atom is 0.335 e. The molecule has 5 amide bonds. The number of methoxy groups -OCH3 is 1. The van der Waals surface area contributed by atoms with Gasteiger partial charge < -0.3 is 19.5 Å². The number of amides is 5. The van der Waals surface area contributed by atoms with E-state index in [9.17, 15) is 19.2 Å². The number of anilines is 2. The normalized spacial score (nSPS) is 14.1. The van der Waals surface area contributed by atoms with Gasteiger partial charge in [-0.3, -0.25) is 19.7 Å². The molecule has 0 radical (unpaired) electrons. The molecule has 4 rings (SSSR count). The monoisotopic (exact) mass is 563 g/mol. The first-order valence-corrected chi connectivity index (χ1v) is 12.7. The third kappa shape index (κ3) is 6.78. The van der Waals surface area contributed by atoms with Gasteiger partial charge in [-0.15, -0.1) is 0 Å². The Balaban J connectivity index is 1.50. The van der Waals surface area contributed by atoms with Gasteiger partial charge in [0.15, 0.2) is 18.1 Å². The van der Waals surface area contributed by atoms with Gasteiger partial charge in [0.2, 0.25) is 0 Å².